The first-order valence-corrected chi connectivity index (χ1v) is 44.7. The molecule has 0 spiro atoms. The molecule has 0 saturated carbocycles. The SMILES string of the molecule is CCC(C)CCCCCCCCCCCCCCCCC(=O)O[C@H](COC(=O)CCCCCCCCC(C)C)COP(=O)(O)OC[C@H](O)COP(=O)(O)OC[C@@H](COC(=O)CCCCCCCCCCCCCCCCC(C)C)OC(=O)CCCCCCCCCCCCCCCC(C)C. The van der Waals surface area contributed by atoms with Gasteiger partial charge in [0.1, 0.15) is 19.3 Å². The number of hydrogen-bond donors (Lipinski definition) is 3. The van der Waals surface area contributed by atoms with Gasteiger partial charge in [0, 0.05) is 25.7 Å². The molecular weight excluding hydrogens is 1310 g/mol. The lowest BCUT2D eigenvalue weighted by Gasteiger charge is -2.21. The van der Waals surface area contributed by atoms with Crippen molar-refractivity contribution in [2.75, 3.05) is 39.6 Å². The van der Waals surface area contributed by atoms with Crippen LogP contribution in [0, 0.1) is 23.7 Å². The summed E-state index contributed by atoms with van der Waals surface area (Å²) in [6, 6.07) is 0. The Morgan fingerprint density at radius 1 is 0.280 bits per heavy atom. The summed E-state index contributed by atoms with van der Waals surface area (Å²) in [5, 5.41) is 10.6. The lowest BCUT2D eigenvalue weighted by atomic mass is 9.99. The minimum atomic E-state index is -4.96. The maximum atomic E-state index is 13.1. The second-order valence-corrected chi connectivity index (χ2v) is 33.7. The fourth-order valence-electron chi connectivity index (χ4n) is 12.4. The lowest BCUT2D eigenvalue weighted by Crippen LogP contribution is -2.30. The van der Waals surface area contributed by atoms with E-state index in [-0.39, 0.29) is 25.7 Å². The molecule has 3 unspecified atom stereocenters. The van der Waals surface area contributed by atoms with Crippen LogP contribution in [0.15, 0.2) is 0 Å². The van der Waals surface area contributed by atoms with Crippen molar-refractivity contribution in [3.8, 4) is 0 Å². The zero-order chi connectivity index (χ0) is 73.8. The zero-order valence-corrected chi connectivity index (χ0v) is 67.6. The number of esters is 4. The fourth-order valence-corrected chi connectivity index (χ4v) is 14.0. The van der Waals surface area contributed by atoms with E-state index in [2.05, 4.69) is 55.4 Å². The molecule has 0 aliphatic rings. The van der Waals surface area contributed by atoms with Crippen LogP contribution in [0.3, 0.4) is 0 Å². The van der Waals surface area contributed by atoms with Gasteiger partial charge in [0.2, 0.25) is 0 Å². The van der Waals surface area contributed by atoms with Crippen molar-refractivity contribution in [2.45, 2.75) is 433 Å². The van der Waals surface area contributed by atoms with Gasteiger partial charge in [0.05, 0.1) is 26.4 Å². The van der Waals surface area contributed by atoms with Gasteiger partial charge in [0.15, 0.2) is 12.2 Å². The van der Waals surface area contributed by atoms with Crippen molar-refractivity contribution < 1.29 is 80.2 Å². The number of ether oxygens (including phenoxy) is 4. The van der Waals surface area contributed by atoms with Gasteiger partial charge in [-0.15, -0.1) is 0 Å². The smallest absolute Gasteiger partial charge is 0.462 e. The second kappa shape index (κ2) is 70.1. The Kier molecular flexibility index (Phi) is 68.7. The minimum Gasteiger partial charge on any atom is -0.462 e. The van der Waals surface area contributed by atoms with Gasteiger partial charge in [-0.3, -0.25) is 37.3 Å². The molecule has 3 N–H and O–H groups in total. The highest BCUT2D eigenvalue weighted by molar-refractivity contribution is 7.47. The first-order chi connectivity index (χ1) is 48.1. The van der Waals surface area contributed by atoms with Crippen LogP contribution < -0.4 is 0 Å². The molecule has 0 aliphatic heterocycles. The predicted molar refractivity (Wildman–Crippen MR) is 409 cm³/mol. The number of carbonyl (C=O) groups is 4. The second-order valence-electron chi connectivity index (χ2n) is 30.8. The van der Waals surface area contributed by atoms with E-state index in [0.717, 1.165) is 114 Å². The van der Waals surface area contributed by atoms with Crippen LogP contribution in [-0.2, 0) is 65.4 Å². The molecule has 0 fully saturated rings. The number of aliphatic hydroxyl groups is 1. The number of carbonyl (C=O) groups excluding carboxylic acids is 4. The maximum absolute atomic E-state index is 13.1. The monoisotopic (exact) mass is 1470 g/mol. The molecular formula is C81H158O17P2. The number of aliphatic hydroxyl groups excluding tert-OH is 1. The molecule has 0 amide bonds. The molecule has 0 bridgehead atoms. The quantitative estimate of drug-likeness (QED) is 0.0222. The van der Waals surface area contributed by atoms with Gasteiger partial charge < -0.3 is 33.8 Å². The Morgan fingerprint density at radius 2 is 0.480 bits per heavy atom. The number of unbranched alkanes of at least 4 members (excludes halogenated alkanes) is 43. The van der Waals surface area contributed by atoms with Gasteiger partial charge in [-0.05, 0) is 49.4 Å². The Bertz CT molecular complexity index is 1960. The third-order valence-corrected chi connectivity index (χ3v) is 21.1. The highest BCUT2D eigenvalue weighted by Crippen LogP contribution is 2.45. The molecule has 0 radical (unpaired) electrons. The van der Waals surface area contributed by atoms with Crippen LogP contribution in [0.1, 0.15) is 415 Å². The first kappa shape index (κ1) is 98.1. The van der Waals surface area contributed by atoms with Crippen molar-refractivity contribution in [3.05, 3.63) is 0 Å². The molecule has 100 heavy (non-hydrogen) atoms. The highest BCUT2D eigenvalue weighted by atomic mass is 31.2. The number of phosphoric acid groups is 2. The summed E-state index contributed by atoms with van der Waals surface area (Å²) >= 11 is 0. The van der Waals surface area contributed by atoms with E-state index in [1.54, 1.807) is 0 Å². The summed E-state index contributed by atoms with van der Waals surface area (Å²) in [6.45, 7) is 14.3. The Labute approximate surface area is 613 Å². The topological polar surface area (TPSA) is 237 Å². The first-order valence-electron chi connectivity index (χ1n) is 41.7. The van der Waals surface area contributed by atoms with Crippen molar-refractivity contribution in [1.29, 1.82) is 0 Å². The van der Waals surface area contributed by atoms with Crippen LogP contribution in [0.2, 0.25) is 0 Å². The van der Waals surface area contributed by atoms with Crippen LogP contribution in [0.25, 0.3) is 0 Å². The minimum absolute atomic E-state index is 0.106. The lowest BCUT2D eigenvalue weighted by molar-refractivity contribution is -0.161. The van der Waals surface area contributed by atoms with E-state index in [4.69, 9.17) is 37.0 Å². The van der Waals surface area contributed by atoms with Crippen molar-refractivity contribution in [1.82, 2.24) is 0 Å². The Balaban J connectivity index is 5.23. The average Bonchev–Trinajstić information content (AvgIpc) is 0.952. The summed E-state index contributed by atoms with van der Waals surface area (Å²) in [6.07, 6.45) is 56.9. The Hall–Kier alpha value is -1.94. The third-order valence-electron chi connectivity index (χ3n) is 19.2. The summed E-state index contributed by atoms with van der Waals surface area (Å²) < 4.78 is 68.7. The molecule has 594 valence electrons. The molecule has 0 saturated heterocycles. The molecule has 19 heteroatoms. The summed E-state index contributed by atoms with van der Waals surface area (Å²) in [4.78, 5) is 73.0. The van der Waals surface area contributed by atoms with Crippen molar-refractivity contribution in [3.63, 3.8) is 0 Å². The number of hydrogen-bond acceptors (Lipinski definition) is 15. The average molecular weight is 1470 g/mol. The van der Waals surface area contributed by atoms with Gasteiger partial charge in [-0.2, -0.15) is 0 Å². The predicted octanol–water partition coefficient (Wildman–Crippen LogP) is 24.0. The van der Waals surface area contributed by atoms with E-state index in [9.17, 15) is 43.2 Å². The van der Waals surface area contributed by atoms with Crippen molar-refractivity contribution in [2.24, 2.45) is 23.7 Å². The van der Waals surface area contributed by atoms with E-state index in [0.29, 0.717) is 31.6 Å². The molecule has 0 aliphatic carbocycles. The van der Waals surface area contributed by atoms with E-state index < -0.39 is 97.5 Å². The van der Waals surface area contributed by atoms with Crippen LogP contribution in [0.5, 0.6) is 0 Å². The van der Waals surface area contributed by atoms with E-state index in [1.807, 2.05) is 0 Å². The number of phosphoric ester groups is 2. The van der Waals surface area contributed by atoms with E-state index in [1.165, 1.54) is 212 Å². The third kappa shape index (κ3) is 73.0. The zero-order valence-electron chi connectivity index (χ0n) is 65.8. The molecule has 0 aromatic rings. The van der Waals surface area contributed by atoms with Gasteiger partial charge in [0.25, 0.3) is 0 Å². The summed E-state index contributed by atoms with van der Waals surface area (Å²) in [5.74, 6) is 0.996. The van der Waals surface area contributed by atoms with Gasteiger partial charge in [-0.1, -0.05) is 364 Å². The van der Waals surface area contributed by atoms with Crippen LogP contribution >= 0.6 is 15.6 Å². The molecule has 0 heterocycles. The largest absolute Gasteiger partial charge is 0.472 e. The molecule has 17 nitrogen and oxygen atoms in total. The maximum Gasteiger partial charge on any atom is 0.472 e. The van der Waals surface area contributed by atoms with E-state index >= 15 is 0 Å². The Morgan fingerprint density at radius 3 is 0.710 bits per heavy atom. The summed E-state index contributed by atoms with van der Waals surface area (Å²) in [7, 11) is -9.92. The van der Waals surface area contributed by atoms with Crippen LogP contribution in [-0.4, -0.2) is 96.7 Å². The van der Waals surface area contributed by atoms with Crippen molar-refractivity contribution >= 4 is 39.5 Å². The molecule has 0 rings (SSSR count). The molecule has 0 aromatic carbocycles. The normalized spacial score (nSPS) is 14.3. The van der Waals surface area contributed by atoms with Crippen LogP contribution in [0.4, 0.5) is 0 Å². The molecule has 6 atom stereocenters. The fraction of sp³-hybridized carbons (Fsp3) is 0.951. The van der Waals surface area contributed by atoms with Gasteiger partial charge >= 0.3 is 39.5 Å². The van der Waals surface area contributed by atoms with Gasteiger partial charge in [-0.25, -0.2) is 9.13 Å². The number of rotatable bonds is 78. The molecule has 0 aromatic heterocycles. The standard InChI is InChI=1S/C81H158O17P2/c1-9-74(8)60-52-44-35-29-23-17-11-13-19-25-31-37-47-55-63-81(86)98-77(68-92-79(84)62-54-46-40-39-43-51-59-73(6)7)70-96-100(89,90)94-66-75(82)65-93-99(87,88)95-69-76(97-80(85)64-56-48-38-32-26-20-14-16-22-28-34-42-50-58-72(4)5)67-91-78(83)61-53-45-36-30-24-18-12-10-15-21-27-33-41-49-57-71(2)3/h71-77,82H,9-70H2,1-8H3,(H,87,88)(H,89,90)/t74?,75-,76-,77-/m1/s1. The summed E-state index contributed by atoms with van der Waals surface area (Å²) in [5.41, 5.74) is 0. The highest BCUT2D eigenvalue weighted by Gasteiger charge is 2.30.